The number of benzene rings is 1. The third kappa shape index (κ3) is 3.96. The number of amides is 1. The molecule has 0 radical (unpaired) electrons. The molecular formula is C20H30N2O3S. The predicted octanol–water partition coefficient (Wildman–Crippen LogP) is 3.51. The van der Waals surface area contributed by atoms with Gasteiger partial charge >= 0.3 is 0 Å². The molecule has 0 aliphatic carbocycles. The molecule has 26 heavy (non-hydrogen) atoms. The second kappa shape index (κ2) is 8.09. The minimum absolute atomic E-state index is 0.0562. The predicted molar refractivity (Wildman–Crippen MR) is 103 cm³/mol. The molecule has 2 fully saturated rings. The van der Waals surface area contributed by atoms with Crippen LogP contribution in [0.1, 0.15) is 62.7 Å². The Kier molecular flexibility index (Phi) is 6.03. The Morgan fingerprint density at radius 1 is 1.15 bits per heavy atom. The molecule has 0 N–H and O–H groups in total. The Morgan fingerprint density at radius 2 is 1.96 bits per heavy atom. The van der Waals surface area contributed by atoms with Crippen molar-refractivity contribution in [3.63, 3.8) is 0 Å². The summed E-state index contributed by atoms with van der Waals surface area (Å²) in [5, 5.41) is 0. The highest BCUT2D eigenvalue weighted by atomic mass is 32.2. The monoisotopic (exact) mass is 378 g/mol. The highest BCUT2D eigenvalue weighted by Gasteiger charge is 2.33. The van der Waals surface area contributed by atoms with Crippen molar-refractivity contribution in [3.05, 3.63) is 29.8 Å². The molecule has 2 aliphatic heterocycles. The lowest BCUT2D eigenvalue weighted by Crippen LogP contribution is -2.43. The maximum absolute atomic E-state index is 13.2. The van der Waals surface area contributed by atoms with Crippen LogP contribution in [0.3, 0.4) is 0 Å². The maximum Gasteiger partial charge on any atom is 0.253 e. The molecule has 2 heterocycles. The van der Waals surface area contributed by atoms with Crippen molar-refractivity contribution in [1.82, 2.24) is 9.21 Å². The fourth-order valence-corrected chi connectivity index (χ4v) is 5.99. The minimum atomic E-state index is -3.56. The molecule has 0 spiro atoms. The summed E-state index contributed by atoms with van der Waals surface area (Å²) in [6.45, 7) is 6.27. The van der Waals surface area contributed by atoms with E-state index in [1.807, 2.05) is 11.8 Å². The second-order valence-corrected chi connectivity index (χ2v) is 9.59. The Labute approximate surface area is 157 Å². The van der Waals surface area contributed by atoms with Crippen LogP contribution in [-0.2, 0) is 10.0 Å². The van der Waals surface area contributed by atoms with Crippen LogP contribution in [0.4, 0.5) is 0 Å². The van der Waals surface area contributed by atoms with Crippen molar-refractivity contribution < 1.29 is 13.2 Å². The summed E-state index contributed by atoms with van der Waals surface area (Å²) in [5.41, 5.74) is 0.477. The summed E-state index contributed by atoms with van der Waals surface area (Å²) < 4.78 is 28.0. The van der Waals surface area contributed by atoms with Gasteiger partial charge in [0.2, 0.25) is 10.0 Å². The van der Waals surface area contributed by atoms with E-state index in [9.17, 15) is 13.2 Å². The van der Waals surface area contributed by atoms with E-state index in [0.29, 0.717) is 18.0 Å². The summed E-state index contributed by atoms with van der Waals surface area (Å²) in [7, 11) is -3.56. The highest BCUT2D eigenvalue weighted by molar-refractivity contribution is 7.89. The fourth-order valence-electron chi connectivity index (χ4n) is 4.18. The third-order valence-electron chi connectivity index (χ3n) is 5.68. The average molecular weight is 379 g/mol. The number of piperidine rings is 2. The molecule has 5 nitrogen and oxygen atoms in total. The first kappa shape index (κ1) is 19.4. The van der Waals surface area contributed by atoms with E-state index >= 15 is 0 Å². The molecule has 144 valence electrons. The topological polar surface area (TPSA) is 57.7 Å². The first-order valence-corrected chi connectivity index (χ1v) is 11.3. The zero-order chi connectivity index (χ0) is 18.7. The maximum atomic E-state index is 13.2. The molecule has 6 heteroatoms. The Balaban J connectivity index is 1.85. The van der Waals surface area contributed by atoms with Crippen molar-refractivity contribution >= 4 is 15.9 Å². The van der Waals surface area contributed by atoms with Crippen LogP contribution in [0.15, 0.2) is 29.2 Å². The van der Waals surface area contributed by atoms with Gasteiger partial charge in [-0.3, -0.25) is 4.79 Å². The van der Waals surface area contributed by atoms with Gasteiger partial charge in [-0.05, 0) is 56.2 Å². The lowest BCUT2D eigenvalue weighted by Gasteiger charge is -2.34. The zero-order valence-corrected chi connectivity index (χ0v) is 16.7. The van der Waals surface area contributed by atoms with Crippen molar-refractivity contribution in [2.45, 2.75) is 63.3 Å². The van der Waals surface area contributed by atoms with Crippen molar-refractivity contribution in [3.8, 4) is 0 Å². The Hall–Kier alpha value is -1.40. The number of hydrogen-bond acceptors (Lipinski definition) is 3. The van der Waals surface area contributed by atoms with Gasteiger partial charge < -0.3 is 4.90 Å². The Morgan fingerprint density at radius 3 is 2.69 bits per heavy atom. The quantitative estimate of drug-likeness (QED) is 0.805. The molecule has 3 rings (SSSR count). The second-order valence-electron chi connectivity index (χ2n) is 7.70. The number of hydrogen-bond donors (Lipinski definition) is 0. The van der Waals surface area contributed by atoms with Crippen LogP contribution in [0.5, 0.6) is 0 Å². The zero-order valence-electron chi connectivity index (χ0n) is 15.9. The highest BCUT2D eigenvalue weighted by Crippen LogP contribution is 2.28. The van der Waals surface area contributed by atoms with Crippen LogP contribution < -0.4 is 0 Å². The largest absolute Gasteiger partial charge is 0.338 e. The van der Waals surface area contributed by atoms with Crippen LogP contribution in [0.2, 0.25) is 0 Å². The molecule has 2 aliphatic rings. The van der Waals surface area contributed by atoms with Gasteiger partial charge in [0.05, 0.1) is 4.90 Å². The molecule has 1 amide bonds. The normalized spacial score (nSPS) is 25.2. The molecule has 2 atom stereocenters. The van der Waals surface area contributed by atoms with Gasteiger partial charge in [0.25, 0.3) is 5.91 Å². The van der Waals surface area contributed by atoms with Crippen LogP contribution in [-0.4, -0.2) is 49.2 Å². The van der Waals surface area contributed by atoms with Gasteiger partial charge in [-0.15, -0.1) is 0 Å². The van der Waals surface area contributed by atoms with E-state index in [4.69, 9.17) is 0 Å². The summed E-state index contributed by atoms with van der Waals surface area (Å²) >= 11 is 0. The van der Waals surface area contributed by atoms with E-state index in [0.717, 1.165) is 51.6 Å². The van der Waals surface area contributed by atoms with Crippen LogP contribution in [0.25, 0.3) is 0 Å². The smallest absolute Gasteiger partial charge is 0.253 e. The molecule has 1 aromatic rings. The Bertz CT molecular complexity index is 747. The summed E-state index contributed by atoms with van der Waals surface area (Å²) in [6, 6.07) is 6.67. The van der Waals surface area contributed by atoms with E-state index in [1.54, 1.807) is 28.6 Å². The average Bonchev–Trinajstić information content (AvgIpc) is 2.67. The van der Waals surface area contributed by atoms with Gasteiger partial charge in [-0.1, -0.05) is 26.3 Å². The summed E-state index contributed by atoms with van der Waals surface area (Å²) in [4.78, 5) is 14.9. The fraction of sp³-hybridized carbons (Fsp3) is 0.650. The molecule has 2 saturated heterocycles. The number of rotatable bonds is 4. The van der Waals surface area contributed by atoms with Gasteiger partial charge in [-0.25, -0.2) is 8.42 Å². The van der Waals surface area contributed by atoms with Gasteiger partial charge in [0, 0.05) is 31.2 Å². The van der Waals surface area contributed by atoms with Crippen molar-refractivity contribution in [2.75, 3.05) is 19.6 Å². The number of carbonyl (C=O) groups excluding carboxylic acids is 1. The van der Waals surface area contributed by atoms with Crippen molar-refractivity contribution in [2.24, 2.45) is 5.92 Å². The van der Waals surface area contributed by atoms with E-state index < -0.39 is 10.0 Å². The van der Waals surface area contributed by atoms with Crippen LogP contribution >= 0.6 is 0 Å². The number of nitrogens with zero attached hydrogens (tertiary/aromatic N) is 2. The number of likely N-dealkylation sites (tertiary alicyclic amines) is 1. The first-order chi connectivity index (χ1) is 12.4. The molecule has 0 aromatic heterocycles. The van der Waals surface area contributed by atoms with E-state index in [2.05, 4.69) is 6.92 Å². The third-order valence-corrected chi connectivity index (χ3v) is 7.62. The van der Waals surface area contributed by atoms with Gasteiger partial charge in [0.1, 0.15) is 0 Å². The molecule has 0 saturated carbocycles. The summed E-state index contributed by atoms with van der Waals surface area (Å²) in [5.74, 6) is 0.442. The van der Waals surface area contributed by atoms with Crippen LogP contribution in [0, 0.1) is 5.92 Å². The van der Waals surface area contributed by atoms with Gasteiger partial charge in [-0.2, -0.15) is 4.31 Å². The lowest BCUT2D eigenvalue weighted by atomic mass is 9.99. The SMILES string of the molecule is CCC1CCCCN1S(=O)(=O)c1cccc(C(=O)N2CCCC(C)C2)c1. The summed E-state index contributed by atoms with van der Waals surface area (Å²) in [6.07, 6.45) is 5.88. The van der Waals surface area contributed by atoms with E-state index in [-0.39, 0.29) is 16.8 Å². The number of carbonyl (C=O) groups is 1. The minimum Gasteiger partial charge on any atom is -0.338 e. The van der Waals surface area contributed by atoms with Crippen molar-refractivity contribution in [1.29, 1.82) is 0 Å². The number of sulfonamides is 1. The molecular weight excluding hydrogens is 348 g/mol. The van der Waals surface area contributed by atoms with Gasteiger partial charge in [0.15, 0.2) is 0 Å². The lowest BCUT2D eigenvalue weighted by molar-refractivity contribution is 0.0683. The first-order valence-electron chi connectivity index (χ1n) is 9.84. The molecule has 2 unspecified atom stereocenters. The molecule has 1 aromatic carbocycles. The van der Waals surface area contributed by atoms with E-state index in [1.165, 1.54) is 0 Å². The molecule has 0 bridgehead atoms. The standard InChI is InChI=1S/C20H30N2O3S/c1-3-18-10-4-5-13-22(18)26(24,25)19-11-6-9-17(14-19)20(23)21-12-7-8-16(2)15-21/h6,9,11,14,16,18H,3-5,7-8,10,12-13,15H2,1-2H3.